The quantitative estimate of drug-likeness (QED) is 0.810. The molecule has 7 heteroatoms. The number of rotatable bonds is 3. The van der Waals surface area contributed by atoms with Crippen LogP contribution in [0.1, 0.15) is 40.9 Å². The number of nitrogens with zero attached hydrogens (tertiary/aromatic N) is 3. The normalized spacial score (nSPS) is 18.3. The van der Waals surface area contributed by atoms with Crippen LogP contribution in [0.5, 0.6) is 0 Å². The zero-order valence-corrected chi connectivity index (χ0v) is 16.6. The minimum Gasteiger partial charge on any atom is -0.338 e. The maximum Gasteiger partial charge on any atom is 0.254 e. The number of pyridine rings is 1. The summed E-state index contributed by atoms with van der Waals surface area (Å²) >= 11 is 0. The Labute approximate surface area is 160 Å². The molecule has 0 spiro atoms. The van der Waals surface area contributed by atoms with Crippen molar-refractivity contribution in [2.75, 3.05) is 26.4 Å². The standard InChI is InChI=1S/C20H25N3O3S/c1-22(27(2,25)26)14-10-12-23(13-11-14)20(24)19-15-6-3-4-8-17(15)21-18-9-5-7-16(18)19/h3-4,6,8,14H,5,7,9-13H2,1-2H3. The van der Waals surface area contributed by atoms with Gasteiger partial charge in [0.15, 0.2) is 0 Å². The Bertz CT molecular complexity index is 995. The Morgan fingerprint density at radius 3 is 2.59 bits per heavy atom. The lowest BCUT2D eigenvalue weighted by atomic mass is 9.98. The Kier molecular flexibility index (Phi) is 4.68. The van der Waals surface area contributed by atoms with E-state index in [1.165, 1.54) is 10.6 Å². The highest BCUT2D eigenvalue weighted by Crippen LogP contribution is 2.31. The molecule has 1 saturated heterocycles. The van der Waals surface area contributed by atoms with E-state index in [-0.39, 0.29) is 11.9 Å². The monoisotopic (exact) mass is 387 g/mol. The van der Waals surface area contributed by atoms with Gasteiger partial charge >= 0.3 is 0 Å². The number of piperidine rings is 1. The van der Waals surface area contributed by atoms with Crippen LogP contribution < -0.4 is 0 Å². The number of para-hydroxylation sites is 1. The number of amides is 1. The number of aromatic nitrogens is 1. The van der Waals surface area contributed by atoms with Crippen LogP contribution in [0.4, 0.5) is 0 Å². The van der Waals surface area contributed by atoms with Crippen LogP contribution in [0, 0.1) is 0 Å². The summed E-state index contributed by atoms with van der Waals surface area (Å²) in [6.45, 7) is 1.16. The first kappa shape index (κ1) is 18.4. The van der Waals surface area contributed by atoms with Gasteiger partial charge in [0.25, 0.3) is 5.91 Å². The molecule has 2 aromatic rings. The number of hydrogen-bond acceptors (Lipinski definition) is 4. The molecule has 6 nitrogen and oxygen atoms in total. The molecule has 2 heterocycles. The number of hydrogen-bond donors (Lipinski definition) is 0. The minimum absolute atomic E-state index is 0.0380. The molecule has 1 aromatic carbocycles. The van der Waals surface area contributed by atoms with Crippen LogP contribution in [0.25, 0.3) is 10.9 Å². The Hall–Kier alpha value is -1.99. The molecule has 27 heavy (non-hydrogen) atoms. The zero-order valence-electron chi connectivity index (χ0n) is 15.8. The summed E-state index contributed by atoms with van der Waals surface area (Å²) < 4.78 is 25.0. The highest BCUT2D eigenvalue weighted by molar-refractivity contribution is 7.88. The van der Waals surface area contributed by atoms with Gasteiger partial charge in [0.1, 0.15) is 0 Å². The molecule has 0 unspecified atom stereocenters. The summed E-state index contributed by atoms with van der Waals surface area (Å²) in [4.78, 5) is 20.1. The predicted molar refractivity (Wildman–Crippen MR) is 105 cm³/mol. The van der Waals surface area contributed by atoms with Crippen molar-refractivity contribution in [3.8, 4) is 0 Å². The highest BCUT2D eigenvalue weighted by atomic mass is 32.2. The number of carbonyl (C=O) groups is 1. The van der Waals surface area contributed by atoms with Crippen molar-refractivity contribution in [2.24, 2.45) is 0 Å². The third-order valence-electron chi connectivity index (χ3n) is 5.92. The second-order valence-corrected chi connectivity index (χ2v) is 9.63. The van der Waals surface area contributed by atoms with Crippen molar-refractivity contribution >= 4 is 26.8 Å². The van der Waals surface area contributed by atoms with Crippen LogP contribution >= 0.6 is 0 Å². The number of likely N-dealkylation sites (tertiary alicyclic amines) is 1. The van der Waals surface area contributed by atoms with Crippen LogP contribution in [0.2, 0.25) is 0 Å². The first-order chi connectivity index (χ1) is 12.9. The van der Waals surface area contributed by atoms with Crippen molar-refractivity contribution in [1.29, 1.82) is 0 Å². The lowest BCUT2D eigenvalue weighted by molar-refractivity contribution is 0.0687. The SMILES string of the molecule is CN(C1CCN(C(=O)c2c3c(nc4ccccc24)CCC3)CC1)S(C)(=O)=O. The molecule has 1 amide bonds. The maximum atomic E-state index is 13.4. The molecule has 4 rings (SSSR count). The van der Waals surface area contributed by atoms with E-state index in [0.717, 1.165) is 47.0 Å². The number of fused-ring (bicyclic) bond motifs is 2. The van der Waals surface area contributed by atoms with Gasteiger partial charge in [-0.1, -0.05) is 18.2 Å². The summed E-state index contributed by atoms with van der Waals surface area (Å²) in [6.07, 6.45) is 5.45. The van der Waals surface area contributed by atoms with E-state index >= 15 is 0 Å². The average molecular weight is 388 g/mol. The fourth-order valence-corrected chi connectivity index (χ4v) is 5.07. The molecule has 1 aromatic heterocycles. The highest BCUT2D eigenvalue weighted by Gasteiger charge is 2.32. The summed E-state index contributed by atoms with van der Waals surface area (Å²) in [5, 5.41) is 0.929. The van der Waals surface area contributed by atoms with Gasteiger partial charge in [0, 0.05) is 37.3 Å². The number of aryl methyl sites for hydroxylation is 1. The Balaban J connectivity index is 1.62. The number of benzene rings is 1. The first-order valence-corrected chi connectivity index (χ1v) is 11.3. The second-order valence-electron chi connectivity index (χ2n) is 7.59. The van der Waals surface area contributed by atoms with E-state index in [0.29, 0.717) is 25.9 Å². The van der Waals surface area contributed by atoms with Crippen molar-refractivity contribution in [3.05, 3.63) is 41.1 Å². The van der Waals surface area contributed by atoms with Crippen molar-refractivity contribution in [2.45, 2.75) is 38.1 Å². The first-order valence-electron chi connectivity index (χ1n) is 9.49. The summed E-state index contributed by atoms with van der Waals surface area (Å²) in [7, 11) is -1.58. The molecule has 2 aliphatic rings. The van der Waals surface area contributed by atoms with Crippen LogP contribution in [0.3, 0.4) is 0 Å². The Morgan fingerprint density at radius 1 is 1.19 bits per heavy atom. The largest absolute Gasteiger partial charge is 0.338 e. The summed E-state index contributed by atoms with van der Waals surface area (Å²) in [5.74, 6) is 0.0622. The second kappa shape index (κ2) is 6.87. The Morgan fingerprint density at radius 2 is 1.89 bits per heavy atom. The van der Waals surface area contributed by atoms with Gasteiger partial charge in [-0.3, -0.25) is 9.78 Å². The van der Waals surface area contributed by atoms with E-state index < -0.39 is 10.0 Å². The van der Waals surface area contributed by atoms with Gasteiger partial charge < -0.3 is 4.90 Å². The van der Waals surface area contributed by atoms with E-state index in [9.17, 15) is 13.2 Å². The lowest BCUT2D eigenvalue weighted by Crippen LogP contribution is -2.47. The molecular weight excluding hydrogens is 362 g/mol. The maximum absolute atomic E-state index is 13.4. The van der Waals surface area contributed by atoms with Gasteiger partial charge in [-0.15, -0.1) is 0 Å². The molecule has 0 N–H and O–H groups in total. The van der Waals surface area contributed by atoms with Gasteiger partial charge in [0.05, 0.1) is 17.3 Å². The minimum atomic E-state index is -3.21. The third-order valence-corrected chi connectivity index (χ3v) is 7.27. The fourth-order valence-electron chi connectivity index (χ4n) is 4.32. The van der Waals surface area contributed by atoms with E-state index in [2.05, 4.69) is 0 Å². The number of sulfonamides is 1. The fraction of sp³-hybridized carbons (Fsp3) is 0.500. The van der Waals surface area contributed by atoms with Gasteiger partial charge in [-0.05, 0) is 43.7 Å². The average Bonchev–Trinajstić information content (AvgIpc) is 3.12. The zero-order chi connectivity index (χ0) is 19.2. The molecule has 0 atom stereocenters. The molecule has 144 valence electrons. The topological polar surface area (TPSA) is 70.6 Å². The van der Waals surface area contributed by atoms with Crippen LogP contribution in [-0.2, 0) is 22.9 Å². The van der Waals surface area contributed by atoms with Crippen molar-refractivity contribution in [1.82, 2.24) is 14.2 Å². The van der Waals surface area contributed by atoms with Crippen molar-refractivity contribution < 1.29 is 13.2 Å². The molecule has 0 radical (unpaired) electrons. The smallest absolute Gasteiger partial charge is 0.254 e. The lowest BCUT2D eigenvalue weighted by Gasteiger charge is -2.36. The molecule has 1 aliphatic carbocycles. The molecule has 0 bridgehead atoms. The predicted octanol–water partition coefficient (Wildman–Crippen LogP) is 2.22. The molecule has 1 fully saturated rings. The van der Waals surface area contributed by atoms with Gasteiger partial charge in [0.2, 0.25) is 10.0 Å². The van der Waals surface area contributed by atoms with Crippen LogP contribution in [-0.4, -0.2) is 60.9 Å². The third kappa shape index (κ3) is 3.34. The molecular formula is C20H25N3O3S. The molecule has 1 aliphatic heterocycles. The van der Waals surface area contributed by atoms with Gasteiger partial charge in [-0.2, -0.15) is 0 Å². The summed E-state index contributed by atoms with van der Waals surface area (Å²) in [5.41, 5.74) is 3.86. The van der Waals surface area contributed by atoms with E-state index in [1.807, 2.05) is 29.2 Å². The van der Waals surface area contributed by atoms with E-state index in [1.54, 1.807) is 7.05 Å². The van der Waals surface area contributed by atoms with Crippen molar-refractivity contribution in [3.63, 3.8) is 0 Å². The summed E-state index contributed by atoms with van der Waals surface area (Å²) in [6, 6.07) is 7.83. The molecule has 0 saturated carbocycles. The number of carbonyl (C=O) groups excluding carboxylic acids is 1. The van der Waals surface area contributed by atoms with E-state index in [4.69, 9.17) is 4.98 Å². The van der Waals surface area contributed by atoms with Gasteiger partial charge in [-0.25, -0.2) is 12.7 Å². The van der Waals surface area contributed by atoms with Crippen LogP contribution in [0.15, 0.2) is 24.3 Å².